The van der Waals surface area contributed by atoms with Crippen molar-refractivity contribution in [3.8, 4) is 0 Å². The summed E-state index contributed by atoms with van der Waals surface area (Å²) in [5.41, 5.74) is 1.24. The molecule has 0 saturated carbocycles. The minimum absolute atomic E-state index is 0.138. The van der Waals surface area contributed by atoms with E-state index in [2.05, 4.69) is 5.32 Å². The first-order chi connectivity index (χ1) is 16.7. The predicted molar refractivity (Wildman–Crippen MR) is 133 cm³/mol. The van der Waals surface area contributed by atoms with Gasteiger partial charge in [-0.15, -0.1) is 0 Å². The Labute approximate surface area is 207 Å². The number of carbonyl (C=O) groups excluding carboxylic acids is 2. The molecule has 2 amide bonds. The monoisotopic (exact) mass is 483 g/mol. The molecule has 1 unspecified atom stereocenters. The molecule has 2 N–H and O–H groups in total. The first-order valence-corrected chi connectivity index (χ1v) is 12.2. The number of nitrogens with one attached hydrogen (secondary N) is 1. The molecule has 2 aromatic carbocycles. The van der Waals surface area contributed by atoms with Crippen molar-refractivity contribution < 1.29 is 24.2 Å². The zero-order valence-corrected chi connectivity index (χ0v) is 20.9. The van der Waals surface area contributed by atoms with Crippen LogP contribution in [-0.4, -0.2) is 64.7 Å². The standard InChI is InChI=1S/C27H37N3O5/c1-27(2,3)35-26(33)30-17-11-10-16-29(30)19-24(31)23(18-21-12-6-4-7-13-21)28-25(32)34-20-22-14-8-5-9-15-22/h4-9,12-15,23-24,31H,10-11,16-20H2,1-3H3,(H,28,32)/t23-,24?/m0/s1. The third kappa shape index (κ3) is 8.88. The third-order valence-electron chi connectivity index (χ3n) is 5.66. The van der Waals surface area contributed by atoms with Gasteiger partial charge >= 0.3 is 12.2 Å². The fourth-order valence-corrected chi connectivity index (χ4v) is 3.94. The Bertz CT molecular complexity index is 933. The van der Waals surface area contributed by atoms with Crippen molar-refractivity contribution in [1.82, 2.24) is 15.3 Å². The number of aliphatic hydroxyl groups excluding tert-OH is 1. The molecule has 1 aliphatic heterocycles. The second-order valence-electron chi connectivity index (χ2n) is 9.79. The number of hydrogen-bond donors (Lipinski definition) is 2. The van der Waals surface area contributed by atoms with Crippen LogP contribution in [0.3, 0.4) is 0 Å². The van der Waals surface area contributed by atoms with E-state index in [1.165, 1.54) is 0 Å². The summed E-state index contributed by atoms with van der Waals surface area (Å²) in [6, 6.07) is 18.5. The average molecular weight is 484 g/mol. The number of ether oxygens (including phenoxy) is 2. The van der Waals surface area contributed by atoms with Crippen molar-refractivity contribution in [3.05, 3.63) is 71.8 Å². The summed E-state index contributed by atoms with van der Waals surface area (Å²) >= 11 is 0. The number of alkyl carbamates (subject to hydrolysis) is 1. The van der Waals surface area contributed by atoms with Crippen LogP contribution in [0, 0.1) is 0 Å². The fourth-order valence-electron chi connectivity index (χ4n) is 3.94. The first kappa shape index (κ1) is 26.5. The number of hydrogen-bond acceptors (Lipinski definition) is 6. The van der Waals surface area contributed by atoms with Crippen molar-refractivity contribution in [3.63, 3.8) is 0 Å². The number of hydrazine groups is 1. The summed E-state index contributed by atoms with van der Waals surface area (Å²) in [6.07, 6.45) is 0.215. The molecular weight excluding hydrogens is 446 g/mol. The average Bonchev–Trinajstić information content (AvgIpc) is 2.83. The number of aliphatic hydroxyl groups is 1. The molecule has 190 valence electrons. The topological polar surface area (TPSA) is 91.3 Å². The van der Waals surface area contributed by atoms with Crippen LogP contribution < -0.4 is 5.32 Å². The zero-order valence-electron chi connectivity index (χ0n) is 20.9. The van der Waals surface area contributed by atoms with Gasteiger partial charge in [-0.25, -0.2) is 19.6 Å². The van der Waals surface area contributed by atoms with Gasteiger partial charge in [0.25, 0.3) is 0 Å². The van der Waals surface area contributed by atoms with Crippen molar-refractivity contribution in [2.24, 2.45) is 0 Å². The molecule has 1 heterocycles. The van der Waals surface area contributed by atoms with E-state index in [1.54, 1.807) is 5.01 Å². The van der Waals surface area contributed by atoms with Crippen molar-refractivity contribution in [2.75, 3.05) is 19.6 Å². The molecule has 0 spiro atoms. The van der Waals surface area contributed by atoms with Crippen molar-refractivity contribution in [2.45, 2.75) is 64.4 Å². The fraction of sp³-hybridized carbons (Fsp3) is 0.481. The van der Waals surface area contributed by atoms with E-state index in [9.17, 15) is 14.7 Å². The van der Waals surface area contributed by atoms with Crippen LogP contribution in [0.25, 0.3) is 0 Å². The second-order valence-corrected chi connectivity index (χ2v) is 9.79. The highest BCUT2D eigenvalue weighted by Crippen LogP contribution is 2.18. The summed E-state index contributed by atoms with van der Waals surface area (Å²) in [4.78, 5) is 25.4. The maximum absolute atomic E-state index is 12.8. The Morgan fingerprint density at radius 3 is 2.20 bits per heavy atom. The van der Waals surface area contributed by atoms with E-state index in [0.717, 1.165) is 24.0 Å². The summed E-state index contributed by atoms with van der Waals surface area (Å²) in [5.74, 6) is 0. The van der Waals surface area contributed by atoms with Crippen LogP contribution in [0.4, 0.5) is 9.59 Å². The third-order valence-corrected chi connectivity index (χ3v) is 5.66. The van der Waals surface area contributed by atoms with Crippen LogP contribution in [0.5, 0.6) is 0 Å². The van der Waals surface area contributed by atoms with Crippen LogP contribution in [0.2, 0.25) is 0 Å². The molecule has 0 aromatic heterocycles. The zero-order chi connectivity index (χ0) is 25.3. The lowest BCUT2D eigenvalue weighted by Crippen LogP contribution is -2.57. The van der Waals surface area contributed by atoms with Gasteiger partial charge < -0.3 is 19.9 Å². The smallest absolute Gasteiger partial charge is 0.424 e. The largest absolute Gasteiger partial charge is 0.445 e. The number of nitrogens with zero attached hydrogens (tertiary/aromatic N) is 2. The number of rotatable bonds is 8. The molecule has 2 aromatic rings. The molecule has 0 bridgehead atoms. The van der Waals surface area contributed by atoms with E-state index < -0.39 is 29.9 Å². The molecule has 8 nitrogen and oxygen atoms in total. The highest BCUT2D eigenvalue weighted by molar-refractivity contribution is 5.68. The van der Waals surface area contributed by atoms with E-state index >= 15 is 0 Å². The minimum atomic E-state index is -0.942. The molecule has 0 aliphatic carbocycles. The van der Waals surface area contributed by atoms with Crippen LogP contribution in [0.1, 0.15) is 44.7 Å². The maximum Gasteiger partial charge on any atom is 0.424 e. The quantitative estimate of drug-likeness (QED) is 0.587. The van der Waals surface area contributed by atoms with Crippen molar-refractivity contribution >= 4 is 12.2 Å². The van der Waals surface area contributed by atoms with Crippen LogP contribution in [-0.2, 0) is 22.5 Å². The molecular formula is C27H37N3O5. The molecule has 8 heteroatoms. The number of carbonyl (C=O) groups is 2. The Kier molecular flexibility index (Phi) is 9.51. The van der Waals surface area contributed by atoms with E-state index in [1.807, 2.05) is 86.4 Å². The van der Waals surface area contributed by atoms with Crippen LogP contribution >= 0.6 is 0 Å². The van der Waals surface area contributed by atoms with Gasteiger partial charge in [-0.3, -0.25) is 0 Å². The number of β-amino-alcohol motifs (C(OH)–C–C–N with tert-alkyl or cyclic N) is 1. The Morgan fingerprint density at radius 2 is 1.57 bits per heavy atom. The van der Waals surface area contributed by atoms with Gasteiger partial charge in [-0.1, -0.05) is 60.7 Å². The Morgan fingerprint density at radius 1 is 0.971 bits per heavy atom. The summed E-state index contributed by atoms with van der Waals surface area (Å²) < 4.78 is 10.9. The summed E-state index contributed by atoms with van der Waals surface area (Å²) in [7, 11) is 0. The molecule has 1 aliphatic rings. The summed E-state index contributed by atoms with van der Waals surface area (Å²) in [5, 5.41) is 17.4. The van der Waals surface area contributed by atoms with Gasteiger partial charge in [0.05, 0.1) is 12.1 Å². The van der Waals surface area contributed by atoms with E-state index in [0.29, 0.717) is 19.5 Å². The lowest BCUT2D eigenvalue weighted by Gasteiger charge is -2.40. The molecule has 1 fully saturated rings. The molecule has 2 atom stereocenters. The van der Waals surface area contributed by atoms with E-state index in [-0.39, 0.29) is 13.2 Å². The highest BCUT2D eigenvalue weighted by atomic mass is 16.6. The first-order valence-electron chi connectivity index (χ1n) is 12.2. The van der Waals surface area contributed by atoms with Gasteiger partial charge in [-0.05, 0) is 51.2 Å². The lowest BCUT2D eigenvalue weighted by molar-refractivity contribution is -0.0840. The van der Waals surface area contributed by atoms with Crippen LogP contribution in [0.15, 0.2) is 60.7 Å². The number of amides is 2. The Balaban J connectivity index is 1.67. The van der Waals surface area contributed by atoms with Gasteiger partial charge in [-0.2, -0.15) is 0 Å². The maximum atomic E-state index is 12.8. The molecule has 0 radical (unpaired) electrons. The number of benzene rings is 2. The minimum Gasteiger partial charge on any atom is -0.445 e. The molecule has 35 heavy (non-hydrogen) atoms. The SMILES string of the molecule is CC(C)(C)OC(=O)N1CCCCN1CC(O)[C@H](Cc1ccccc1)NC(=O)OCc1ccccc1. The van der Waals surface area contributed by atoms with Gasteiger partial charge in [0.2, 0.25) is 0 Å². The second kappa shape index (κ2) is 12.6. The molecule has 3 rings (SSSR count). The van der Waals surface area contributed by atoms with Crippen molar-refractivity contribution in [1.29, 1.82) is 0 Å². The predicted octanol–water partition coefficient (Wildman–Crippen LogP) is 4.13. The Hall–Kier alpha value is -3.10. The summed E-state index contributed by atoms with van der Waals surface area (Å²) in [6.45, 7) is 6.94. The van der Waals surface area contributed by atoms with Gasteiger partial charge in [0.15, 0.2) is 0 Å². The van der Waals surface area contributed by atoms with Gasteiger partial charge in [0, 0.05) is 19.6 Å². The normalized spacial score (nSPS) is 16.3. The highest BCUT2D eigenvalue weighted by Gasteiger charge is 2.32. The van der Waals surface area contributed by atoms with Gasteiger partial charge in [0.1, 0.15) is 12.2 Å². The lowest BCUT2D eigenvalue weighted by atomic mass is 10.0. The molecule has 1 saturated heterocycles. The van der Waals surface area contributed by atoms with E-state index in [4.69, 9.17) is 9.47 Å².